The average molecular weight is 242 g/mol. The van der Waals surface area contributed by atoms with Gasteiger partial charge in [-0.2, -0.15) is 0 Å². The van der Waals surface area contributed by atoms with E-state index >= 15 is 0 Å². The maximum atomic E-state index is 11.4. The van der Waals surface area contributed by atoms with Gasteiger partial charge in [-0.05, 0) is 44.4 Å². The van der Waals surface area contributed by atoms with Crippen molar-refractivity contribution in [2.75, 3.05) is 13.2 Å². The molecule has 1 saturated heterocycles. The van der Waals surface area contributed by atoms with E-state index in [1.165, 1.54) is 0 Å². The van der Waals surface area contributed by atoms with Crippen LogP contribution >= 0.6 is 0 Å². The smallest absolute Gasteiger partial charge is 0.335 e. The highest BCUT2D eigenvalue weighted by atomic mass is 16.6. The molecule has 0 amide bonds. The number of carboxylic acids is 1. The van der Waals surface area contributed by atoms with Crippen molar-refractivity contribution >= 4 is 5.97 Å². The Labute approximate surface area is 102 Å². The highest BCUT2D eigenvalue weighted by molar-refractivity contribution is 5.77. The minimum absolute atomic E-state index is 0.102. The Morgan fingerprint density at radius 1 is 1.41 bits per heavy atom. The van der Waals surface area contributed by atoms with Crippen LogP contribution < -0.4 is 0 Å². The lowest BCUT2D eigenvalue weighted by Gasteiger charge is -2.36. The van der Waals surface area contributed by atoms with Gasteiger partial charge in [-0.3, -0.25) is 0 Å². The molecular formula is C13H22O4. The standard InChI is InChI=1S/C13H22O4/c1-10-4-6-13(7-5-10,12(14)15)17-9-11-3-2-8-16-11/h10-11H,2-9H2,1H3,(H,14,15). The molecule has 2 aliphatic rings. The lowest BCUT2D eigenvalue weighted by Crippen LogP contribution is -2.46. The van der Waals surface area contributed by atoms with Gasteiger partial charge in [0.2, 0.25) is 0 Å². The summed E-state index contributed by atoms with van der Waals surface area (Å²) in [4.78, 5) is 11.4. The van der Waals surface area contributed by atoms with Crippen molar-refractivity contribution in [3.8, 4) is 0 Å². The number of ether oxygens (including phenoxy) is 2. The molecule has 0 bridgehead atoms. The van der Waals surface area contributed by atoms with E-state index in [1.54, 1.807) is 0 Å². The largest absolute Gasteiger partial charge is 0.479 e. The molecule has 0 spiro atoms. The Kier molecular flexibility index (Phi) is 4.05. The van der Waals surface area contributed by atoms with Gasteiger partial charge < -0.3 is 14.6 Å². The van der Waals surface area contributed by atoms with Gasteiger partial charge in [0.1, 0.15) is 0 Å². The van der Waals surface area contributed by atoms with Gasteiger partial charge in [-0.25, -0.2) is 4.79 Å². The topological polar surface area (TPSA) is 55.8 Å². The maximum Gasteiger partial charge on any atom is 0.335 e. The molecule has 2 fully saturated rings. The summed E-state index contributed by atoms with van der Waals surface area (Å²) in [5.74, 6) is -0.184. The van der Waals surface area contributed by atoms with Crippen LogP contribution in [-0.4, -0.2) is 36.0 Å². The van der Waals surface area contributed by atoms with Crippen molar-refractivity contribution in [2.24, 2.45) is 5.92 Å². The van der Waals surface area contributed by atoms with Crippen LogP contribution in [0.4, 0.5) is 0 Å². The van der Waals surface area contributed by atoms with E-state index in [0.717, 1.165) is 32.3 Å². The second kappa shape index (κ2) is 5.36. The van der Waals surface area contributed by atoms with E-state index < -0.39 is 11.6 Å². The van der Waals surface area contributed by atoms with Crippen molar-refractivity contribution in [3.63, 3.8) is 0 Å². The molecule has 1 saturated carbocycles. The van der Waals surface area contributed by atoms with Crippen LogP contribution in [0.5, 0.6) is 0 Å². The first kappa shape index (κ1) is 12.8. The molecule has 1 atom stereocenters. The van der Waals surface area contributed by atoms with Gasteiger partial charge in [0, 0.05) is 6.61 Å². The van der Waals surface area contributed by atoms with Gasteiger partial charge in [-0.1, -0.05) is 6.92 Å². The average Bonchev–Trinajstić information content (AvgIpc) is 2.81. The molecule has 1 aliphatic carbocycles. The molecule has 0 aromatic heterocycles. The predicted molar refractivity (Wildman–Crippen MR) is 62.9 cm³/mol. The predicted octanol–water partition coefficient (Wildman–Crippen LogP) is 2.22. The number of hydrogen-bond donors (Lipinski definition) is 1. The summed E-state index contributed by atoms with van der Waals surface area (Å²) in [6.45, 7) is 3.39. The summed E-state index contributed by atoms with van der Waals surface area (Å²) in [5, 5.41) is 9.38. The quantitative estimate of drug-likeness (QED) is 0.821. The molecule has 2 rings (SSSR count). The van der Waals surface area contributed by atoms with Crippen molar-refractivity contribution in [2.45, 2.75) is 57.2 Å². The lowest BCUT2D eigenvalue weighted by atomic mass is 9.79. The first-order chi connectivity index (χ1) is 8.12. The van der Waals surface area contributed by atoms with Crippen molar-refractivity contribution in [1.29, 1.82) is 0 Å². The highest BCUT2D eigenvalue weighted by Gasteiger charge is 2.42. The van der Waals surface area contributed by atoms with Gasteiger partial charge in [0.15, 0.2) is 5.60 Å². The Morgan fingerprint density at radius 2 is 2.12 bits per heavy atom. The zero-order valence-corrected chi connectivity index (χ0v) is 10.5. The fraction of sp³-hybridized carbons (Fsp3) is 0.923. The fourth-order valence-corrected chi connectivity index (χ4v) is 2.68. The summed E-state index contributed by atoms with van der Waals surface area (Å²) in [7, 11) is 0. The Balaban J connectivity index is 1.89. The van der Waals surface area contributed by atoms with Gasteiger partial charge in [0.05, 0.1) is 12.7 Å². The van der Waals surface area contributed by atoms with Crippen molar-refractivity contribution in [1.82, 2.24) is 0 Å². The van der Waals surface area contributed by atoms with E-state index in [1.807, 2.05) is 0 Å². The van der Waals surface area contributed by atoms with E-state index in [4.69, 9.17) is 9.47 Å². The van der Waals surface area contributed by atoms with Crippen LogP contribution in [0.1, 0.15) is 45.4 Å². The molecule has 1 aliphatic heterocycles. The summed E-state index contributed by atoms with van der Waals surface area (Å²) < 4.78 is 11.2. The molecule has 17 heavy (non-hydrogen) atoms. The second-order valence-corrected chi connectivity index (χ2v) is 5.43. The van der Waals surface area contributed by atoms with Gasteiger partial charge >= 0.3 is 5.97 Å². The summed E-state index contributed by atoms with van der Waals surface area (Å²) in [5.41, 5.74) is -0.946. The zero-order valence-electron chi connectivity index (χ0n) is 10.5. The molecular weight excluding hydrogens is 220 g/mol. The van der Waals surface area contributed by atoms with Crippen LogP contribution in [0.2, 0.25) is 0 Å². The van der Waals surface area contributed by atoms with E-state index in [-0.39, 0.29) is 6.10 Å². The Bertz CT molecular complexity index is 263. The molecule has 98 valence electrons. The summed E-state index contributed by atoms with van der Waals surface area (Å²) in [6.07, 6.45) is 5.31. The maximum absolute atomic E-state index is 11.4. The number of aliphatic carboxylic acids is 1. The molecule has 1 N–H and O–H groups in total. The third-order valence-corrected chi connectivity index (χ3v) is 4.04. The molecule has 4 heteroatoms. The minimum Gasteiger partial charge on any atom is -0.479 e. The molecule has 0 radical (unpaired) electrons. The van der Waals surface area contributed by atoms with Crippen LogP contribution in [0.15, 0.2) is 0 Å². The summed E-state index contributed by atoms with van der Waals surface area (Å²) >= 11 is 0. The number of carbonyl (C=O) groups is 1. The number of rotatable bonds is 4. The van der Waals surface area contributed by atoms with E-state index in [2.05, 4.69) is 6.92 Å². The Hall–Kier alpha value is -0.610. The lowest BCUT2D eigenvalue weighted by molar-refractivity contribution is -0.176. The zero-order chi connectivity index (χ0) is 12.3. The molecule has 4 nitrogen and oxygen atoms in total. The molecule has 1 unspecified atom stereocenters. The Morgan fingerprint density at radius 3 is 2.65 bits per heavy atom. The summed E-state index contributed by atoms with van der Waals surface area (Å²) in [6, 6.07) is 0. The normalized spacial score (nSPS) is 38.2. The fourth-order valence-electron chi connectivity index (χ4n) is 2.68. The van der Waals surface area contributed by atoms with E-state index in [0.29, 0.717) is 25.4 Å². The van der Waals surface area contributed by atoms with Gasteiger partial charge in [-0.15, -0.1) is 0 Å². The third-order valence-electron chi connectivity index (χ3n) is 4.04. The molecule has 0 aromatic rings. The van der Waals surface area contributed by atoms with Crippen LogP contribution in [0, 0.1) is 5.92 Å². The van der Waals surface area contributed by atoms with Crippen LogP contribution in [0.25, 0.3) is 0 Å². The molecule has 1 heterocycles. The number of hydrogen-bond acceptors (Lipinski definition) is 3. The minimum atomic E-state index is -0.946. The third kappa shape index (κ3) is 2.99. The first-order valence-electron chi connectivity index (χ1n) is 6.61. The van der Waals surface area contributed by atoms with Gasteiger partial charge in [0.25, 0.3) is 0 Å². The van der Waals surface area contributed by atoms with Crippen LogP contribution in [-0.2, 0) is 14.3 Å². The van der Waals surface area contributed by atoms with E-state index in [9.17, 15) is 9.90 Å². The second-order valence-electron chi connectivity index (χ2n) is 5.43. The first-order valence-corrected chi connectivity index (χ1v) is 6.61. The van der Waals surface area contributed by atoms with Crippen LogP contribution in [0.3, 0.4) is 0 Å². The SMILES string of the molecule is CC1CCC(OCC2CCCO2)(C(=O)O)CC1. The monoisotopic (exact) mass is 242 g/mol. The number of carboxylic acid groups (broad SMARTS) is 1. The molecule has 0 aromatic carbocycles. The van der Waals surface area contributed by atoms with Crippen molar-refractivity contribution in [3.05, 3.63) is 0 Å². The highest BCUT2D eigenvalue weighted by Crippen LogP contribution is 2.35. The van der Waals surface area contributed by atoms with Crippen molar-refractivity contribution < 1.29 is 19.4 Å².